The number of aromatic nitrogens is 4. The van der Waals surface area contributed by atoms with Crippen LogP contribution in [0.5, 0.6) is 0 Å². The minimum Gasteiger partial charge on any atom is -0.423 e. The molecule has 2 aromatic carbocycles. The quantitative estimate of drug-likeness (QED) is 0.175. The molecule has 5 aromatic rings. The van der Waals surface area contributed by atoms with E-state index < -0.39 is 0 Å². The molecule has 0 radical (unpaired) electrons. The van der Waals surface area contributed by atoms with Crippen molar-refractivity contribution < 1.29 is 4.42 Å². The molecule has 0 bridgehead atoms. The van der Waals surface area contributed by atoms with Gasteiger partial charge in [0.05, 0.1) is 10.9 Å². The van der Waals surface area contributed by atoms with Gasteiger partial charge in [-0.25, -0.2) is 4.79 Å². The summed E-state index contributed by atoms with van der Waals surface area (Å²) in [6.07, 6.45) is 3.90. The van der Waals surface area contributed by atoms with Crippen molar-refractivity contribution in [2.75, 3.05) is 0 Å². The predicted octanol–water partition coefficient (Wildman–Crippen LogP) is 5.20. The second kappa shape index (κ2) is 9.46. The zero-order valence-corrected chi connectivity index (χ0v) is 20.1. The highest BCUT2D eigenvalue weighted by Gasteiger charge is 2.17. The van der Waals surface area contributed by atoms with Gasteiger partial charge in [-0.05, 0) is 42.2 Å². The third-order valence-corrected chi connectivity index (χ3v) is 7.10. The number of para-hydroxylation sites is 1. The van der Waals surface area contributed by atoms with Crippen molar-refractivity contribution in [2.24, 2.45) is 0 Å². The average Bonchev–Trinajstić information content (AvgIpc) is 3.28. The number of benzene rings is 2. The van der Waals surface area contributed by atoms with Gasteiger partial charge in [0, 0.05) is 23.8 Å². The van der Waals surface area contributed by atoms with Crippen molar-refractivity contribution in [3.63, 3.8) is 0 Å². The maximum Gasteiger partial charge on any atom is 0.336 e. The molecule has 174 valence electrons. The van der Waals surface area contributed by atoms with E-state index >= 15 is 0 Å². The summed E-state index contributed by atoms with van der Waals surface area (Å²) in [5.74, 6) is 1.07. The van der Waals surface area contributed by atoms with Crippen molar-refractivity contribution in [2.45, 2.75) is 57.0 Å². The average molecular weight is 475 g/mol. The van der Waals surface area contributed by atoms with Crippen LogP contribution in [0.25, 0.3) is 27.6 Å². The molecule has 0 spiro atoms. The minimum absolute atomic E-state index is 0.0402. The smallest absolute Gasteiger partial charge is 0.336 e. The molecule has 0 amide bonds. The van der Waals surface area contributed by atoms with E-state index in [-0.39, 0.29) is 11.2 Å². The maximum atomic E-state index is 13.2. The molecule has 7 nitrogen and oxygen atoms in total. The number of aryl methyl sites for hydroxylation is 2. The number of nitrogens with zero attached hydrogens (tertiary/aromatic N) is 4. The first-order chi connectivity index (χ1) is 16.6. The van der Waals surface area contributed by atoms with Gasteiger partial charge >= 0.3 is 5.63 Å². The van der Waals surface area contributed by atoms with Crippen LogP contribution in [0, 0.1) is 0 Å². The summed E-state index contributed by atoms with van der Waals surface area (Å²) in [5, 5.41) is 11.1. The van der Waals surface area contributed by atoms with E-state index in [1.54, 1.807) is 10.6 Å². The molecule has 5 rings (SSSR count). The van der Waals surface area contributed by atoms with E-state index in [1.807, 2.05) is 40.8 Å². The van der Waals surface area contributed by atoms with Crippen LogP contribution < -0.4 is 11.2 Å². The Kier molecular flexibility index (Phi) is 6.24. The van der Waals surface area contributed by atoms with E-state index in [0.717, 1.165) is 47.7 Å². The third kappa shape index (κ3) is 4.03. The van der Waals surface area contributed by atoms with Crippen LogP contribution >= 0.6 is 11.8 Å². The van der Waals surface area contributed by atoms with E-state index in [2.05, 4.69) is 30.1 Å². The number of hydrogen-bond donors (Lipinski definition) is 0. The van der Waals surface area contributed by atoms with Crippen LogP contribution in [0.15, 0.2) is 67.7 Å². The van der Waals surface area contributed by atoms with Crippen LogP contribution in [0.1, 0.15) is 44.2 Å². The Morgan fingerprint density at radius 1 is 0.971 bits per heavy atom. The highest BCUT2D eigenvalue weighted by atomic mass is 32.2. The van der Waals surface area contributed by atoms with Crippen molar-refractivity contribution in [3.8, 4) is 0 Å². The Hall–Kier alpha value is -3.39. The van der Waals surface area contributed by atoms with E-state index in [1.165, 1.54) is 11.8 Å². The van der Waals surface area contributed by atoms with Crippen LogP contribution in [0.4, 0.5) is 0 Å². The van der Waals surface area contributed by atoms with Crippen LogP contribution in [-0.4, -0.2) is 19.2 Å². The molecule has 3 aromatic heterocycles. The predicted molar refractivity (Wildman–Crippen MR) is 136 cm³/mol. The fraction of sp³-hybridized carbons (Fsp3) is 0.308. The third-order valence-electron chi connectivity index (χ3n) is 6.12. The molecule has 0 saturated carbocycles. The molecule has 34 heavy (non-hydrogen) atoms. The molecule has 0 atom stereocenters. The lowest BCUT2D eigenvalue weighted by atomic mass is 10.1. The Balaban J connectivity index is 1.58. The number of rotatable bonds is 8. The first-order valence-electron chi connectivity index (χ1n) is 11.7. The van der Waals surface area contributed by atoms with Gasteiger partial charge in [-0.3, -0.25) is 13.8 Å². The molecule has 0 unspecified atom stereocenters. The van der Waals surface area contributed by atoms with Crippen molar-refractivity contribution in [1.82, 2.24) is 19.2 Å². The lowest BCUT2D eigenvalue weighted by Gasteiger charge is -2.11. The summed E-state index contributed by atoms with van der Waals surface area (Å²) in [7, 11) is 0. The fourth-order valence-electron chi connectivity index (χ4n) is 4.30. The van der Waals surface area contributed by atoms with Gasteiger partial charge in [0.2, 0.25) is 5.78 Å². The van der Waals surface area contributed by atoms with Gasteiger partial charge in [0.25, 0.3) is 5.56 Å². The summed E-state index contributed by atoms with van der Waals surface area (Å²) < 4.78 is 9.13. The topological polar surface area (TPSA) is 82.4 Å². The highest BCUT2D eigenvalue weighted by Crippen LogP contribution is 2.28. The Morgan fingerprint density at radius 2 is 1.82 bits per heavy atom. The number of fused-ring (bicyclic) bond motifs is 4. The van der Waals surface area contributed by atoms with E-state index in [9.17, 15) is 9.59 Å². The molecule has 8 heteroatoms. The summed E-state index contributed by atoms with van der Waals surface area (Å²) >= 11 is 1.49. The Morgan fingerprint density at radius 3 is 2.65 bits per heavy atom. The van der Waals surface area contributed by atoms with Gasteiger partial charge in [-0.1, -0.05) is 62.7 Å². The molecule has 0 saturated heterocycles. The highest BCUT2D eigenvalue weighted by molar-refractivity contribution is 7.98. The fourth-order valence-corrected chi connectivity index (χ4v) is 5.24. The van der Waals surface area contributed by atoms with Gasteiger partial charge < -0.3 is 4.42 Å². The van der Waals surface area contributed by atoms with Crippen molar-refractivity contribution >= 4 is 39.4 Å². The van der Waals surface area contributed by atoms with Crippen molar-refractivity contribution in [1.29, 1.82) is 0 Å². The van der Waals surface area contributed by atoms with Crippen LogP contribution in [-0.2, 0) is 18.7 Å². The first kappa shape index (κ1) is 22.4. The second-order valence-electron chi connectivity index (χ2n) is 8.36. The zero-order chi connectivity index (χ0) is 23.7. The largest absolute Gasteiger partial charge is 0.423 e. The van der Waals surface area contributed by atoms with E-state index in [0.29, 0.717) is 34.2 Å². The standard InChI is InChI=1S/C26H26N4O3S/c1-3-5-8-13-29-24(32)20-9-6-7-10-21(20)30-25(29)27-28-26(30)34-16-18-15-23(31)33-22-14-17(4-2)11-12-19(18)22/h6-7,9-12,14-15H,3-5,8,13,16H2,1-2H3. The maximum absolute atomic E-state index is 13.2. The monoisotopic (exact) mass is 474 g/mol. The van der Waals surface area contributed by atoms with Gasteiger partial charge in [0.1, 0.15) is 5.58 Å². The van der Waals surface area contributed by atoms with Gasteiger partial charge in [-0.2, -0.15) is 0 Å². The van der Waals surface area contributed by atoms with Crippen LogP contribution in [0.3, 0.4) is 0 Å². The Labute approximate surface area is 200 Å². The molecule has 0 fully saturated rings. The number of thioether (sulfide) groups is 1. The summed E-state index contributed by atoms with van der Waals surface area (Å²) in [6, 6.07) is 15.1. The molecule has 0 aliphatic rings. The van der Waals surface area contributed by atoms with Gasteiger partial charge in [0.15, 0.2) is 5.16 Å². The SMILES string of the molecule is CCCCCn1c(=O)c2ccccc2n2c(SCc3cc(=O)oc4cc(CC)ccc34)nnc12. The molecule has 0 aliphatic carbocycles. The normalized spacial score (nSPS) is 11.7. The van der Waals surface area contributed by atoms with E-state index in [4.69, 9.17) is 4.42 Å². The summed E-state index contributed by atoms with van der Waals surface area (Å²) in [5.41, 5.74) is 2.99. The molecular formula is C26H26N4O3S. The number of hydrogen-bond acceptors (Lipinski definition) is 6. The van der Waals surface area contributed by atoms with Crippen LogP contribution in [0.2, 0.25) is 0 Å². The number of unbranched alkanes of at least 4 members (excludes halogenated alkanes) is 2. The minimum atomic E-state index is -0.363. The zero-order valence-electron chi connectivity index (χ0n) is 19.3. The summed E-state index contributed by atoms with van der Waals surface area (Å²) in [4.78, 5) is 25.4. The molecule has 0 N–H and O–H groups in total. The Bertz CT molecular complexity index is 1620. The molecule has 3 heterocycles. The lowest BCUT2D eigenvalue weighted by Crippen LogP contribution is -2.23. The van der Waals surface area contributed by atoms with Crippen molar-refractivity contribution in [3.05, 3.63) is 80.4 Å². The summed E-state index contributed by atoms with van der Waals surface area (Å²) in [6.45, 7) is 4.82. The molecule has 0 aliphatic heterocycles. The first-order valence-corrected chi connectivity index (χ1v) is 12.6. The van der Waals surface area contributed by atoms with Gasteiger partial charge in [-0.15, -0.1) is 10.2 Å². The molecular weight excluding hydrogens is 448 g/mol. The lowest BCUT2D eigenvalue weighted by molar-refractivity contribution is 0.559. The second-order valence-corrected chi connectivity index (χ2v) is 9.30.